The van der Waals surface area contributed by atoms with Gasteiger partial charge in [0, 0.05) is 11.1 Å². The van der Waals surface area contributed by atoms with Crippen molar-refractivity contribution in [2.75, 3.05) is 0 Å². The van der Waals surface area contributed by atoms with E-state index in [1.807, 2.05) is 0 Å². The van der Waals surface area contributed by atoms with Gasteiger partial charge in [-0.05, 0) is 12.5 Å². The molecule has 2 aromatic carbocycles. The molecule has 2 rings (SSSR count). The summed E-state index contributed by atoms with van der Waals surface area (Å²) < 4.78 is 0. The highest BCUT2D eigenvalue weighted by molar-refractivity contribution is 6.39. The molecule has 23 heavy (non-hydrogen) atoms. The van der Waals surface area contributed by atoms with Gasteiger partial charge in [0.1, 0.15) is 11.7 Å². The summed E-state index contributed by atoms with van der Waals surface area (Å²) in [5.74, 6) is -4.94. The molecule has 1 atom stereocenters. The molecule has 5 nitrogen and oxygen atoms in total. The average Bonchev–Trinajstić information content (AvgIpc) is 2.55. The molecule has 0 aliphatic carbocycles. The van der Waals surface area contributed by atoms with Gasteiger partial charge in [0.05, 0.1) is 0 Å². The number of benzene rings is 2. The van der Waals surface area contributed by atoms with Crippen molar-refractivity contribution in [2.24, 2.45) is 0 Å². The van der Waals surface area contributed by atoms with Crippen LogP contribution in [0.2, 0.25) is 0 Å². The van der Waals surface area contributed by atoms with Gasteiger partial charge in [-0.15, -0.1) is 0 Å². The van der Waals surface area contributed by atoms with Gasteiger partial charge in [-0.2, -0.15) is 0 Å². The smallest absolute Gasteiger partial charge is 0.373 e. The number of Topliss-reactive ketones (excluding diaryl/α,β-unsaturated/α-hetero) is 2. The van der Waals surface area contributed by atoms with E-state index in [4.69, 9.17) is 5.11 Å². The molecule has 116 valence electrons. The highest BCUT2D eigenvalue weighted by Gasteiger charge is 2.30. The lowest BCUT2D eigenvalue weighted by atomic mass is 9.90. The third kappa shape index (κ3) is 3.58. The molecule has 0 spiro atoms. The molecular formula is C18H14O5. The van der Waals surface area contributed by atoms with E-state index in [0.717, 1.165) is 6.92 Å². The maximum Gasteiger partial charge on any atom is 0.373 e. The van der Waals surface area contributed by atoms with Crippen molar-refractivity contribution in [3.63, 3.8) is 0 Å². The van der Waals surface area contributed by atoms with Crippen molar-refractivity contribution >= 4 is 23.3 Å². The van der Waals surface area contributed by atoms with Crippen molar-refractivity contribution in [1.29, 1.82) is 0 Å². The second-order valence-electron chi connectivity index (χ2n) is 5.03. The molecule has 0 aliphatic heterocycles. The number of carbonyl (C=O) groups is 4. The Kier molecular flexibility index (Phi) is 4.81. The molecule has 0 fully saturated rings. The summed E-state index contributed by atoms with van der Waals surface area (Å²) in [4.78, 5) is 46.3. The van der Waals surface area contributed by atoms with Crippen LogP contribution in [0.1, 0.15) is 34.3 Å². The fourth-order valence-electron chi connectivity index (χ4n) is 2.28. The van der Waals surface area contributed by atoms with Crippen molar-refractivity contribution in [3.8, 4) is 0 Å². The standard InChI is InChI=1S/C18H14O5/c1-11(19)15(17(21)18(22)23)12-7-9-14(10-8-12)16(20)13-5-3-2-4-6-13/h2-10,15H,1H3,(H,22,23). The van der Waals surface area contributed by atoms with Crippen molar-refractivity contribution in [3.05, 3.63) is 71.3 Å². The summed E-state index contributed by atoms with van der Waals surface area (Å²) in [5.41, 5.74) is 1.17. The highest BCUT2D eigenvalue weighted by atomic mass is 16.4. The van der Waals surface area contributed by atoms with Crippen LogP contribution < -0.4 is 0 Å². The van der Waals surface area contributed by atoms with Gasteiger partial charge in [0.2, 0.25) is 0 Å². The molecule has 0 radical (unpaired) electrons. The molecule has 1 unspecified atom stereocenters. The van der Waals surface area contributed by atoms with Crippen LogP contribution in [0.15, 0.2) is 54.6 Å². The number of rotatable bonds is 6. The molecule has 0 saturated heterocycles. The third-order valence-electron chi connectivity index (χ3n) is 3.42. The van der Waals surface area contributed by atoms with Crippen LogP contribution in [0, 0.1) is 0 Å². The molecule has 2 aromatic rings. The Balaban J connectivity index is 2.31. The molecule has 0 heterocycles. The number of carbonyl (C=O) groups excluding carboxylic acids is 3. The Morgan fingerprint density at radius 3 is 1.83 bits per heavy atom. The maximum absolute atomic E-state index is 12.3. The normalized spacial score (nSPS) is 11.5. The van der Waals surface area contributed by atoms with E-state index in [-0.39, 0.29) is 11.3 Å². The van der Waals surface area contributed by atoms with Gasteiger partial charge < -0.3 is 5.11 Å². The number of hydrogen-bond acceptors (Lipinski definition) is 4. The Bertz CT molecular complexity index is 760. The van der Waals surface area contributed by atoms with E-state index in [0.29, 0.717) is 11.1 Å². The topological polar surface area (TPSA) is 88.5 Å². The number of hydrogen-bond donors (Lipinski definition) is 1. The van der Waals surface area contributed by atoms with E-state index in [2.05, 4.69) is 0 Å². The lowest BCUT2D eigenvalue weighted by molar-refractivity contribution is -0.151. The van der Waals surface area contributed by atoms with Crippen LogP contribution in [0.4, 0.5) is 0 Å². The molecule has 0 aliphatic rings. The molecule has 0 aromatic heterocycles. The molecular weight excluding hydrogens is 296 g/mol. The Morgan fingerprint density at radius 2 is 1.35 bits per heavy atom. The number of aliphatic carboxylic acids is 1. The lowest BCUT2D eigenvalue weighted by Gasteiger charge is -2.11. The quantitative estimate of drug-likeness (QED) is 0.502. The zero-order valence-electron chi connectivity index (χ0n) is 12.4. The Labute approximate surface area is 132 Å². The van der Waals surface area contributed by atoms with Crippen LogP contribution in [-0.4, -0.2) is 28.4 Å². The first kappa shape index (κ1) is 16.3. The van der Waals surface area contributed by atoms with Gasteiger partial charge >= 0.3 is 5.97 Å². The SMILES string of the molecule is CC(=O)C(C(=O)C(=O)O)c1ccc(C(=O)c2ccccc2)cc1. The predicted octanol–water partition coefficient (Wildman–Crippen LogP) is 2.24. The van der Waals surface area contributed by atoms with E-state index in [1.165, 1.54) is 24.3 Å². The number of ketones is 3. The first-order valence-electron chi connectivity index (χ1n) is 6.89. The van der Waals surface area contributed by atoms with E-state index < -0.39 is 23.5 Å². The monoisotopic (exact) mass is 310 g/mol. The minimum absolute atomic E-state index is 0.193. The fourth-order valence-corrected chi connectivity index (χ4v) is 2.28. The minimum Gasteiger partial charge on any atom is -0.475 e. The van der Waals surface area contributed by atoms with Gasteiger partial charge in [-0.1, -0.05) is 54.6 Å². The highest BCUT2D eigenvalue weighted by Crippen LogP contribution is 2.20. The Hall–Kier alpha value is -3.08. The van der Waals surface area contributed by atoms with Crippen LogP contribution in [0.3, 0.4) is 0 Å². The van der Waals surface area contributed by atoms with E-state index in [9.17, 15) is 19.2 Å². The minimum atomic E-state index is -1.66. The summed E-state index contributed by atoms with van der Waals surface area (Å²) in [7, 11) is 0. The second-order valence-corrected chi connectivity index (χ2v) is 5.03. The van der Waals surface area contributed by atoms with Gasteiger partial charge in [0.15, 0.2) is 5.78 Å². The molecule has 0 amide bonds. The first-order valence-corrected chi connectivity index (χ1v) is 6.89. The van der Waals surface area contributed by atoms with E-state index in [1.54, 1.807) is 30.3 Å². The molecule has 1 N–H and O–H groups in total. The second kappa shape index (κ2) is 6.79. The summed E-state index contributed by atoms with van der Waals surface area (Å²) in [5, 5.41) is 8.80. The van der Waals surface area contributed by atoms with Crippen LogP contribution in [-0.2, 0) is 14.4 Å². The first-order chi connectivity index (χ1) is 10.9. The van der Waals surface area contributed by atoms with Gasteiger partial charge in [-0.3, -0.25) is 14.4 Å². The van der Waals surface area contributed by atoms with Gasteiger partial charge in [-0.25, -0.2) is 4.79 Å². The van der Waals surface area contributed by atoms with Crippen LogP contribution in [0.25, 0.3) is 0 Å². The summed E-state index contributed by atoms with van der Waals surface area (Å²) in [6, 6.07) is 14.5. The number of carboxylic acids is 1. The van der Waals surface area contributed by atoms with Crippen molar-refractivity contribution < 1.29 is 24.3 Å². The molecule has 5 heteroatoms. The van der Waals surface area contributed by atoms with Crippen molar-refractivity contribution in [1.82, 2.24) is 0 Å². The average molecular weight is 310 g/mol. The van der Waals surface area contributed by atoms with Crippen LogP contribution >= 0.6 is 0 Å². The fraction of sp³-hybridized carbons (Fsp3) is 0.111. The Morgan fingerprint density at radius 1 is 0.826 bits per heavy atom. The maximum atomic E-state index is 12.3. The van der Waals surface area contributed by atoms with Gasteiger partial charge in [0.25, 0.3) is 5.78 Å². The van der Waals surface area contributed by atoms with Crippen molar-refractivity contribution in [2.45, 2.75) is 12.8 Å². The summed E-state index contributed by atoms with van der Waals surface area (Å²) in [6.07, 6.45) is 0. The zero-order chi connectivity index (χ0) is 17.0. The van der Waals surface area contributed by atoms with E-state index >= 15 is 0 Å². The predicted molar refractivity (Wildman–Crippen MR) is 82.4 cm³/mol. The lowest BCUT2D eigenvalue weighted by Crippen LogP contribution is -2.26. The zero-order valence-corrected chi connectivity index (χ0v) is 12.4. The largest absolute Gasteiger partial charge is 0.475 e. The summed E-state index contributed by atoms with van der Waals surface area (Å²) >= 11 is 0. The summed E-state index contributed by atoms with van der Waals surface area (Å²) in [6.45, 7) is 1.16. The number of carboxylic acid groups (broad SMARTS) is 1. The molecule has 0 saturated carbocycles. The third-order valence-corrected chi connectivity index (χ3v) is 3.42. The molecule has 0 bridgehead atoms. The van der Waals surface area contributed by atoms with Crippen LogP contribution in [0.5, 0.6) is 0 Å².